The average molecular weight is 426 g/mol. The molecule has 1 aliphatic carbocycles. The van der Waals surface area contributed by atoms with Crippen LogP contribution in [0.25, 0.3) is 0 Å². The zero-order chi connectivity index (χ0) is 16.6. The first kappa shape index (κ1) is 18.2. The Morgan fingerprint density at radius 3 is 2.55 bits per heavy atom. The van der Waals surface area contributed by atoms with Crippen molar-refractivity contribution in [2.24, 2.45) is 5.73 Å². The van der Waals surface area contributed by atoms with Gasteiger partial charge in [-0.3, -0.25) is 0 Å². The lowest BCUT2D eigenvalue weighted by atomic mass is 9.89. The summed E-state index contributed by atoms with van der Waals surface area (Å²) < 4.78 is 25.3. The first-order chi connectivity index (χ1) is 10.1. The quantitative estimate of drug-likeness (QED) is 0.790. The molecule has 0 bridgehead atoms. The molecular weight excluding hydrogens is 408 g/mol. The molecule has 0 amide bonds. The van der Waals surface area contributed by atoms with Gasteiger partial charge in [0.05, 0.1) is 26.2 Å². The van der Waals surface area contributed by atoms with Gasteiger partial charge in [-0.1, -0.05) is 30.9 Å². The summed E-state index contributed by atoms with van der Waals surface area (Å²) in [5, 5.41) is 9.95. The molecule has 0 aliphatic heterocycles. The van der Waals surface area contributed by atoms with Crippen LogP contribution in [0.1, 0.15) is 43.9 Å². The second-order valence-corrected chi connectivity index (χ2v) is 11.2. The molecule has 0 saturated heterocycles. The van der Waals surface area contributed by atoms with Gasteiger partial charge in [0.1, 0.15) is 0 Å². The highest BCUT2D eigenvalue weighted by Gasteiger charge is 2.48. The van der Waals surface area contributed by atoms with Crippen molar-refractivity contribution in [2.45, 2.75) is 49.3 Å². The van der Waals surface area contributed by atoms with Gasteiger partial charge in [0, 0.05) is 4.88 Å². The van der Waals surface area contributed by atoms with Crippen LogP contribution in [-0.4, -0.2) is 18.9 Å². The molecule has 122 valence electrons. The molecule has 0 aromatic carbocycles. The van der Waals surface area contributed by atoms with Crippen molar-refractivity contribution in [1.29, 1.82) is 5.26 Å². The Kier molecular flexibility index (Phi) is 5.30. The first-order valence-electron chi connectivity index (χ1n) is 7.01. The van der Waals surface area contributed by atoms with Crippen LogP contribution in [-0.2, 0) is 15.4 Å². The van der Waals surface area contributed by atoms with E-state index in [-0.39, 0.29) is 5.75 Å². The van der Waals surface area contributed by atoms with Crippen LogP contribution in [0.5, 0.6) is 0 Å². The summed E-state index contributed by atoms with van der Waals surface area (Å²) in [5.41, 5.74) is 5.16. The molecule has 2 N–H and O–H groups in total. The monoisotopic (exact) mass is 424 g/mol. The smallest absolute Gasteiger partial charge is 0.171 e. The summed E-state index contributed by atoms with van der Waals surface area (Å²) in [6.45, 7) is 1.66. The van der Waals surface area contributed by atoms with Gasteiger partial charge in [-0.2, -0.15) is 5.26 Å². The number of thiophene rings is 1. The average Bonchev–Trinajstić information content (AvgIpc) is 2.78. The third kappa shape index (κ3) is 3.36. The van der Waals surface area contributed by atoms with E-state index in [1.54, 1.807) is 13.0 Å². The fraction of sp³-hybridized carbons (Fsp3) is 0.643. The second kappa shape index (κ2) is 6.40. The Morgan fingerprint density at radius 1 is 1.50 bits per heavy atom. The molecule has 2 rings (SSSR count). The number of halogens is 2. The minimum Gasteiger partial charge on any atom is -0.320 e. The van der Waals surface area contributed by atoms with Crippen LogP contribution in [0.4, 0.5) is 0 Å². The molecule has 1 saturated carbocycles. The normalized spacial score (nSPS) is 21.0. The predicted molar refractivity (Wildman–Crippen MR) is 93.8 cm³/mol. The van der Waals surface area contributed by atoms with E-state index in [0.29, 0.717) is 22.7 Å². The van der Waals surface area contributed by atoms with Crippen molar-refractivity contribution < 1.29 is 8.42 Å². The molecule has 4 nitrogen and oxygen atoms in total. The number of sulfone groups is 1. The molecule has 1 fully saturated rings. The number of nitrogens with zero attached hydrogens (tertiary/aromatic N) is 1. The van der Waals surface area contributed by atoms with Crippen molar-refractivity contribution >= 4 is 48.7 Å². The topological polar surface area (TPSA) is 84.0 Å². The van der Waals surface area contributed by atoms with Crippen molar-refractivity contribution in [1.82, 2.24) is 0 Å². The fourth-order valence-electron chi connectivity index (χ4n) is 2.94. The minimum absolute atomic E-state index is 0.278. The SMILES string of the molecule is C[C@](N)(CS(=O)(=O)C1(C#N)CCCCC1)c1sc(Br)cc1Cl. The van der Waals surface area contributed by atoms with E-state index in [4.69, 9.17) is 17.3 Å². The lowest BCUT2D eigenvalue weighted by Crippen LogP contribution is -2.48. The molecule has 1 atom stereocenters. The number of nitrogens with two attached hydrogens (primary N) is 1. The van der Waals surface area contributed by atoms with Gasteiger partial charge in [-0.15, -0.1) is 11.3 Å². The Morgan fingerprint density at radius 2 is 2.09 bits per heavy atom. The van der Waals surface area contributed by atoms with E-state index in [1.807, 2.05) is 0 Å². The summed E-state index contributed by atoms with van der Waals surface area (Å²) in [6.07, 6.45) is 3.29. The molecule has 0 unspecified atom stereocenters. The van der Waals surface area contributed by atoms with Crippen LogP contribution in [0.3, 0.4) is 0 Å². The van der Waals surface area contributed by atoms with Crippen molar-refractivity contribution in [3.05, 3.63) is 19.8 Å². The third-order valence-corrected chi connectivity index (χ3v) is 9.12. The van der Waals surface area contributed by atoms with Crippen LogP contribution in [0.2, 0.25) is 5.02 Å². The van der Waals surface area contributed by atoms with E-state index in [0.717, 1.165) is 23.0 Å². The zero-order valence-corrected chi connectivity index (χ0v) is 16.2. The standard InChI is InChI=1S/C14H18BrClN2O2S2/c1-13(18,12-10(16)7-11(15)21-12)9-22(19,20)14(8-17)5-3-2-4-6-14/h7H,2-6,9,18H2,1H3/t13-/m0/s1. The summed E-state index contributed by atoms with van der Waals surface area (Å²) >= 11 is 10.8. The molecule has 1 aromatic heterocycles. The summed E-state index contributed by atoms with van der Waals surface area (Å²) in [6, 6.07) is 3.78. The maximum atomic E-state index is 12.9. The van der Waals surface area contributed by atoms with Crippen molar-refractivity contribution in [3.8, 4) is 6.07 Å². The second-order valence-electron chi connectivity index (χ2n) is 6.07. The Bertz CT molecular complexity index is 701. The van der Waals surface area contributed by atoms with E-state index in [2.05, 4.69) is 22.0 Å². The number of hydrogen-bond donors (Lipinski definition) is 1. The molecular formula is C14H18BrClN2O2S2. The van der Waals surface area contributed by atoms with Crippen LogP contribution >= 0.6 is 38.9 Å². The molecule has 1 aliphatic rings. The highest BCUT2D eigenvalue weighted by Crippen LogP contribution is 2.41. The summed E-state index contributed by atoms with van der Waals surface area (Å²) in [5.74, 6) is -0.278. The minimum atomic E-state index is -3.66. The molecule has 1 heterocycles. The molecule has 1 aromatic rings. The van der Waals surface area contributed by atoms with Gasteiger partial charge in [0.2, 0.25) is 0 Å². The van der Waals surface area contributed by atoms with E-state index in [1.165, 1.54) is 11.3 Å². The Labute approximate surface area is 148 Å². The highest BCUT2D eigenvalue weighted by atomic mass is 79.9. The Balaban J connectivity index is 2.35. The van der Waals surface area contributed by atoms with Crippen LogP contribution < -0.4 is 5.73 Å². The van der Waals surface area contributed by atoms with E-state index >= 15 is 0 Å². The lowest BCUT2D eigenvalue weighted by molar-refractivity contribution is 0.423. The molecule has 8 heteroatoms. The zero-order valence-electron chi connectivity index (χ0n) is 12.2. The van der Waals surface area contributed by atoms with Crippen LogP contribution in [0, 0.1) is 11.3 Å². The van der Waals surface area contributed by atoms with Gasteiger partial charge in [0.25, 0.3) is 0 Å². The predicted octanol–water partition coefficient (Wildman–Crippen LogP) is 3.98. The van der Waals surface area contributed by atoms with Crippen LogP contribution in [0.15, 0.2) is 9.85 Å². The summed E-state index contributed by atoms with van der Waals surface area (Å²) in [4.78, 5) is 0.619. The third-order valence-electron chi connectivity index (χ3n) is 4.13. The van der Waals surface area contributed by atoms with E-state index < -0.39 is 20.1 Å². The molecule has 0 radical (unpaired) electrons. The Hall–Kier alpha value is -0.130. The summed E-state index contributed by atoms with van der Waals surface area (Å²) in [7, 11) is -3.66. The van der Waals surface area contributed by atoms with Gasteiger partial charge in [-0.05, 0) is 41.8 Å². The number of nitriles is 1. The van der Waals surface area contributed by atoms with Gasteiger partial charge >= 0.3 is 0 Å². The first-order valence-corrected chi connectivity index (χ1v) is 10.7. The maximum absolute atomic E-state index is 12.9. The maximum Gasteiger partial charge on any atom is 0.171 e. The van der Waals surface area contributed by atoms with Crippen molar-refractivity contribution in [3.63, 3.8) is 0 Å². The van der Waals surface area contributed by atoms with Gasteiger partial charge in [0.15, 0.2) is 14.6 Å². The van der Waals surface area contributed by atoms with Crippen molar-refractivity contribution in [2.75, 3.05) is 5.75 Å². The fourth-order valence-corrected chi connectivity index (χ4v) is 7.48. The molecule has 22 heavy (non-hydrogen) atoms. The lowest BCUT2D eigenvalue weighted by Gasteiger charge is -2.33. The van der Waals surface area contributed by atoms with E-state index in [9.17, 15) is 13.7 Å². The largest absolute Gasteiger partial charge is 0.320 e. The molecule has 0 spiro atoms. The van der Waals surface area contributed by atoms with Gasteiger partial charge in [-0.25, -0.2) is 8.42 Å². The van der Waals surface area contributed by atoms with Gasteiger partial charge < -0.3 is 5.73 Å². The number of hydrogen-bond acceptors (Lipinski definition) is 5. The number of rotatable bonds is 4. The highest BCUT2D eigenvalue weighted by molar-refractivity contribution is 9.11.